The van der Waals surface area contributed by atoms with Gasteiger partial charge in [0.1, 0.15) is 9.71 Å². The Labute approximate surface area is 125 Å². The lowest BCUT2D eigenvalue weighted by Crippen LogP contribution is -2.48. The van der Waals surface area contributed by atoms with Crippen LogP contribution in [0.5, 0.6) is 0 Å². The smallest absolute Gasteiger partial charge is 0.263 e. The van der Waals surface area contributed by atoms with E-state index in [4.69, 9.17) is 5.73 Å². The van der Waals surface area contributed by atoms with E-state index in [0.29, 0.717) is 34.8 Å². The summed E-state index contributed by atoms with van der Waals surface area (Å²) in [4.78, 5) is 26.5. The normalized spacial score (nSPS) is 19.0. The summed E-state index contributed by atoms with van der Waals surface area (Å²) in [6.45, 7) is 0.523. The van der Waals surface area contributed by atoms with Crippen LogP contribution >= 0.6 is 11.3 Å². The molecule has 2 aromatic heterocycles. The van der Waals surface area contributed by atoms with Crippen molar-refractivity contribution >= 4 is 39.1 Å². The monoisotopic (exact) mass is 305 g/mol. The van der Waals surface area contributed by atoms with Gasteiger partial charge in [0.2, 0.25) is 5.91 Å². The highest BCUT2D eigenvalue weighted by atomic mass is 32.1. The molecular formula is C13H15N5O2S. The quantitative estimate of drug-likeness (QED) is 0.847. The van der Waals surface area contributed by atoms with Crippen molar-refractivity contribution in [2.24, 2.45) is 0 Å². The number of nitrogen functional groups attached to an aromatic ring is 1. The van der Waals surface area contributed by atoms with Gasteiger partial charge in [-0.1, -0.05) is 0 Å². The molecular weight excluding hydrogens is 290 g/mol. The summed E-state index contributed by atoms with van der Waals surface area (Å²) >= 11 is 1.23. The molecule has 110 valence electrons. The summed E-state index contributed by atoms with van der Waals surface area (Å²) in [6, 6.07) is 1.70. The molecule has 21 heavy (non-hydrogen) atoms. The fourth-order valence-electron chi connectivity index (χ4n) is 2.42. The van der Waals surface area contributed by atoms with Crippen LogP contribution in [-0.4, -0.2) is 46.5 Å². The third-order valence-corrected chi connectivity index (χ3v) is 4.69. The molecule has 1 fully saturated rings. The Balaban J connectivity index is 1.78. The maximum absolute atomic E-state index is 12.4. The molecule has 1 aliphatic rings. The van der Waals surface area contributed by atoms with Gasteiger partial charge in [-0.25, -0.2) is 0 Å². The highest BCUT2D eigenvalue weighted by molar-refractivity contribution is 7.21. The largest absolute Gasteiger partial charge is 0.397 e. The average molecular weight is 305 g/mol. The summed E-state index contributed by atoms with van der Waals surface area (Å²) in [5.74, 6) is -0.111. The van der Waals surface area contributed by atoms with E-state index in [1.807, 2.05) is 0 Å². The number of hydrogen-bond donors (Lipinski definition) is 2. The summed E-state index contributed by atoms with van der Waals surface area (Å²) in [5, 5.41) is 11.4. The van der Waals surface area contributed by atoms with Crippen molar-refractivity contribution in [3.8, 4) is 0 Å². The molecule has 3 heterocycles. The van der Waals surface area contributed by atoms with E-state index in [1.54, 1.807) is 24.2 Å². The average Bonchev–Trinajstić information content (AvgIpc) is 2.81. The predicted octanol–water partition coefficient (Wildman–Crippen LogP) is 0.624. The third kappa shape index (κ3) is 2.54. The van der Waals surface area contributed by atoms with Crippen LogP contribution in [0.3, 0.4) is 0 Å². The van der Waals surface area contributed by atoms with Crippen molar-refractivity contribution in [3.05, 3.63) is 17.1 Å². The SMILES string of the molecule is CN1CC(NC(=O)c2sc3nnccc3c2N)CCC1=O. The van der Waals surface area contributed by atoms with Crippen LogP contribution in [0.2, 0.25) is 0 Å². The number of amides is 2. The number of hydrogen-bond acceptors (Lipinski definition) is 6. The molecule has 2 amide bonds. The molecule has 0 saturated carbocycles. The van der Waals surface area contributed by atoms with Gasteiger partial charge in [0.25, 0.3) is 5.91 Å². The van der Waals surface area contributed by atoms with Gasteiger partial charge < -0.3 is 16.0 Å². The molecule has 1 atom stereocenters. The second kappa shape index (κ2) is 5.28. The second-order valence-corrected chi connectivity index (χ2v) is 6.08. The molecule has 1 saturated heterocycles. The standard InChI is InChI=1S/C13H15N5O2S/c1-18-6-7(2-3-9(18)19)16-12(20)11-10(14)8-4-5-15-17-13(8)21-11/h4-5,7H,2-3,6,14H2,1H3,(H,16,20). The van der Waals surface area contributed by atoms with Crippen LogP contribution in [0, 0.1) is 0 Å². The number of thiophene rings is 1. The van der Waals surface area contributed by atoms with Gasteiger partial charge in [0.05, 0.1) is 11.9 Å². The first-order valence-corrected chi connectivity index (χ1v) is 7.42. The van der Waals surface area contributed by atoms with Crippen LogP contribution in [0.1, 0.15) is 22.5 Å². The Kier molecular flexibility index (Phi) is 3.46. The van der Waals surface area contributed by atoms with E-state index < -0.39 is 0 Å². The van der Waals surface area contributed by atoms with E-state index in [2.05, 4.69) is 15.5 Å². The minimum Gasteiger partial charge on any atom is -0.397 e. The van der Waals surface area contributed by atoms with E-state index in [1.165, 1.54) is 11.3 Å². The highest BCUT2D eigenvalue weighted by Crippen LogP contribution is 2.31. The molecule has 0 aromatic carbocycles. The Hall–Kier alpha value is -2.22. The second-order valence-electron chi connectivity index (χ2n) is 5.08. The lowest BCUT2D eigenvalue weighted by molar-refractivity contribution is -0.132. The molecule has 1 unspecified atom stereocenters. The van der Waals surface area contributed by atoms with Crippen LogP contribution in [0.4, 0.5) is 5.69 Å². The number of piperidine rings is 1. The number of carbonyl (C=O) groups excluding carboxylic acids is 2. The van der Waals surface area contributed by atoms with Crippen LogP contribution in [0.25, 0.3) is 10.2 Å². The molecule has 3 rings (SSSR count). The van der Waals surface area contributed by atoms with Crippen molar-refractivity contribution < 1.29 is 9.59 Å². The molecule has 2 aromatic rings. The number of likely N-dealkylation sites (tertiary alicyclic amines) is 1. The zero-order chi connectivity index (χ0) is 15.0. The number of anilines is 1. The molecule has 8 heteroatoms. The predicted molar refractivity (Wildman–Crippen MR) is 80.0 cm³/mol. The maximum atomic E-state index is 12.4. The van der Waals surface area contributed by atoms with Gasteiger partial charge in [-0.15, -0.1) is 16.4 Å². The van der Waals surface area contributed by atoms with Gasteiger partial charge >= 0.3 is 0 Å². The number of aromatic nitrogens is 2. The van der Waals surface area contributed by atoms with Crippen molar-refractivity contribution in [1.29, 1.82) is 0 Å². The first kappa shape index (κ1) is 13.7. The van der Waals surface area contributed by atoms with Crippen molar-refractivity contribution in [1.82, 2.24) is 20.4 Å². The molecule has 0 radical (unpaired) electrons. The summed E-state index contributed by atoms with van der Waals surface area (Å²) < 4.78 is 0. The van der Waals surface area contributed by atoms with Gasteiger partial charge in [-0.3, -0.25) is 9.59 Å². The number of rotatable bonds is 2. The Morgan fingerprint density at radius 2 is 2.38 bits per heavy atom. The fourth-order valence-corrected chi connectivity index (χ4v) is 3.36. The van der Waals surface area contributed by atoms with Gasteiger partial charge in [-0.2, -0.15) is 5.10 Å². The lowest BCUT2D eigenvalue weighted by Gasteiger charge is -2.30. The van der Waals surface area contributed by atoms with Crippen LogP contribution < -0.4 is 11.1 Å². The van der Waals surface area contributed by atoms with Crippen molar-refractivity contribution in [2.45, 2.75) is 18.9 Å². The Morgan fingerprint density at radius 1 is 1.57 bits per heavy atom. The van der Waals surface area contributed by atoms with E-state index in [-0.39, 0.29) is 17.9 Å². The minimum absolute atomic E-state index is 0.0455. The number of nitrogens with two attached hydrogens (primary N) is 1. The topological polar surface area (TPSA) is 101 Å². The molecule has 0 spiro atoms. The fraction of sp³-hybridized carbons (Fsp3) is 0.385. The molecule has 3 N–H and O–H groups in total. The zero-order valence-electron chi connectivity index (χ0n) is 11.5. The van der Waals surface area contributed by atoms with Crippen LogP contribution in [0.15, 0.2) is 12.3 Å². The van der Waals surface area contributed by atoms with E-state index >= 15 is 0 Å². The molecule has 0 aliphatic carbocycles. The number of nitrogens with one attached hydrogen (secondary N) is 1. The van der Waals surface area contributed by atoms with Crippen molar-refractivity contribution in [3.63, 3.8) is 0 Å². The third-order valence-electron chi connectivity index (χ3n) is 3.59. The Bertz CT molecular complexity index is 714. The Morgan fingerprint density at radius 3 is 3.10 bits per heavy atom. The molecule has 7 nitrogen and oxygen atoms in total. The molecule has 1 aliphatic heterocycles. The first-order valence-electron chi connectivity index (χ1n) is 6.60. The van der Waals surface area contributed by atoms with Gasteiger partial charge in [0.15, 0.2) is 0 Å². The van der Waals surface area contributed by atoms with Gasteiger partial charge in [0, 0.05) is 31.4 Å². The van der Waals surface area contributed by atoms with E-state index in [0.717, 1.165) is 5.39 Å². The number of carbonyl (C=O) groups is 2. The maximum Gasteiger partial charge on any atom is 0.263 e. The van der Waals surface area contributed by atoms with Crippen LogP contribution in [-0.2, 0) is 4.79 Å². The summed E-state index contributed by atoms with van der Waals surface area (Å²) in [7, 11) is 1.74. The number of nitrogens with zero attached hydrogens (tertiary/aromatic N) is 3. The lowest BCUT2D eigenvalue weighted by atomic mass is 10.1. The highest BCUT2D eigenvalue weighted by Gasteiger charge is 2.26. The van der Waals surface area contributed by atoms with Gasteiger partial charge in [-0.05, 0) is 12.5 Å². The number of fused-ring (bicyclic) bond motifs is 1. The molecule has 0 bridgehead atoms. The summed E-state index contributed by atoms with van der Waals surface area (Å²) in [6.07, 6.45) is 2.66. The first-order chi connectivity index (χ1) is 10.1. The zero-order valence-corrected chi connectivity index (χ0v) is 12.3. The van der Waals surface area contributed by atoms with E-state index in [9.17, 15) is 9.59 Å². The minimum atomic E-state index is -0.219. The van der Waals surface area contributed by atoms with Crippen molar-refractivity contribution in [2.75, 3.05) is 19.3 Å². The summed E-state index contributed by atoms with van der Waals surface area (Å²) in [5.41, 5.74) is 6.44. The number of likely N-dealkylation sites (N-methyl/N-ethyl adjacent to an activating group) is 1.